The van der Waals surface area contributed by atoms with Crippen molar-refractivity contribution in [3.8, 4) is 0 Å². The lowest BCUT2D eigenvalue weighted by molar-refractivity contribution is -0.0973. The van der Waals surface area contributed by atoms with Gasteiger partial charge in [-0.05, 0) is 38.3 Å². The average Bonchev–Trinajstić information content (AvgIpc) is 3.04. The van der Waals surface area contributed by atoms with E-state index in [1.807, 2.05) is 13.0 Å². The SMILES string of the molecule is Cc1cc(C2CC3(CC(C)N2)OCCc2cc(Cl)sc23)on1. The van der Waals surface area contributed by atoms with Gasteiger partial charge in [0.05, 0.1) is 22.7 Å². The van der Waals surface area contributed by atoms with Crippen molar-refractivity contribution in [2.45, 2.75) is 50.8 Å². The summed E-state index contributed by atoms with van der Waals surface area (Å²) < 4.78 is 12.7. The van der Waals surface area contributed by atoms with Crippen LogP contribution in [0, 0.1) is 6.92 Å². The van der Waals surface area contributed by atoms with Gasteiger partial charge in [0.25, 0.3) is 0 Å². The Hall–Kier alpha value is -0.880. The van der Waals surface area contributed by atoms with Gasteiger partial charge in [-0.25, -0.2) is 0 Å². The van der Waals surface area contributed by atoms with Crippen molar-refractivity contribution in [1.82, 2.24) is 10.5 Å². The Morgan fingerprint density at radius 1 is 1.41 bits per heavy atom. The number of nitrogens with one attached hydrogen (secondary N) is 1. The number of aromatic nitrogens is 1. The largest absolute Gasteiger partial charge is 0.369 e. The minimum atomic E-state index is -0.249. The standard InChI is InChI=1S/C16H19ClN2O2S/c1-9-5-13(21-19-9)12-8-16(7-10(2)18-12)15-11(3-4-20-16)6-14(17)22-15/h5-6,10,12,18H,3-4,7-8H2,1-2H3. The van der Waals surface area contributed by atoms with E-state index < -0.39 is 0 Å². The fourth-order valence-electron chi connectivity index (χ4n) is 3.79. The summed E-state index contributed by atoms with van der Waals surface area (Å²) in [6.07, 6.45) is 2.77. The molecule has 22 heavy (non-hydrogen) atoms. The van der Waals surface area contributed by atoms with Crippen LogP contribution in [0.2, 0.25) is 4.34 Å². The van der Waals surface area contributed by atoms with E-state index in [4.69, 9.17) is 20.9 Å². The van der Waals surface area contributed by atoms with Crippen LogP contribution in [0.1, 0.15) is 47.7 Å². The van der Waals surface area contributed by atoms with Gasteiger partial charge in [0.1, 0.15) is 5.60 Å². The molecule has 2 aliphatic heterocycles. The molecule has 3 atom stereocenters. The first-order chi connectivity index (χ1) is 10.6. The highest BCUT2D eigenvalue weighted by molar-refractivity contribution is 7.16. The smallest absolute Gasteiger partial charge is 0.154 e. The Bertz CT molecular complexity index is 698. The van der Waals surface area contributed by atoms with Crippen molar-refractivity contribution in [3.05, 3.63) is 38.4 Å². The molecule has 118 valence electrons. The maximum Gasteiger partial charge on any atom is 0.154 e. The number of nitrogens with zero attached hydrogens (tertiary/aromatic N) is 1. The fraction of sp³-hybridized carbons (Fsp3) is 0.562. The number of rotatable bonds is 1. The third kappa shape index (κ3) is 2.40. The Balaban J connectivity index is 1.72. The zero-order chi connectivity index (χ0) is 15.3. The zero-order valence-corrected chi connectivity index (χ0v) is 14.3. The molecule has 6 heteroatoms. The lowest BCUT2D eigenvalue weighted by Crippen LogP contribution is -2.49. The number of thiophene rings is 1. The van der Waals surface area contributed by atoms with Gasteiger partial charge in [-0.3, -0.25) is 0 Å². The molecule has 4 nitrogen and oxygen atoms in total. The second-order valence-electron chi connectivity index (χ2n) is 6.40. The number of aryl methyl sites for hydroxylation is 1. The molecule has 3 unspecified atom stereocenters. The number of ether oxygens (including phenoxy) is 1. The Morgan fingerprint density at radius 2 is 2.27 bits per heavy atom. The first kappa shape index (κ1) is 14.7. The minimum Gasteiger partial charge on any atom is -0.369 e. The monoisotopic (exact) mass is 338 g/mol. The van der Waals surface area contributed by atoms with Crippen LogP contribution in [0.15, 0.2) is 16.7 Å². The predicted molar refractivity (Wildman–Crippen MR) is 86.5 cm³/mol. The first-order valence-electron chi connectivity index (χ1n) is 7.68. The molecule has 0 amide bonds. The van der Waals surface area contributed by atoms with Crippen molar-refractivity contribution >= 4 is 22.9 Å². The third-order valence-corrected chi connectivity index (χ3v) is 6.08. The number of fused-ring (bicyclic) bond motifs is 2. The molecule has 0 bridgehead atoms. The third-order valence-electron chi connectivity index (χ3n) is 4.59. The van der Waals surface area contributed by atoms with Gasteiger partial charge in [-0.15, -0.1) is 11.3 Å². The van der Waals surface area contributed by atoms with Crippen molar-refractivity contribution in [2.24, 2.45) is 0 Å². The quantitative estimate of drug-likeness (QED) is 0.854. The second-order valence-corrected chi connectivity index (χ2v) is 8.08. The summed E-state index contributed by atoms with van der Waals surface area (Å²) >= 11 is 7.93. The Kier molecular flexibility index (Phi) is 3.57. The maximum atomic E-state index is 6.32. The van der Waals surface area contributed by atoms with E-state index in [0.717, 1.165) is 41.7 Å². The van der Waals surface area contributed by atoms with Gasteiger partial charge < -0.3 is 14.6 Å². The van der Waals surface area contributed by atoms with E-state index in [2.05, 4.69) is 23.5 Å². The van der Waals surface area contributed by atoms with Crippen molar-refractivity contribution in [3.63, 3.8) is 0 Å². The van der Waals surface area contributed by atoms with Crippen LogP contribution in [-0.2, 0) is 16.8 Å². The lowest BCUT2D eigenvalue weighted by atomic mass is 9.79. The van der Waals surface area contributed by atoms with Crippen LogP contribution in [0.5, 0.6) is 0 Å². The molecule has 0 aliphatic carbocycles. The summed E-state index contributed by atoms with van der Waals surface area (Å²) in [6, 6.07) is 4.58. The van der Waals surface area contributed by atoms with Crippen molar-refractivity contribution in [1.29, 1.82) is 0 Å². The molecule has 0 radical (unpaired) electrons. The topological polar surface area (TPSA) is 47.3 Å². The van der Waals surface area contributed by atoms with Gasteiger partial charge in [0.15, 0.2) is 5.76 Å². The number of hydrogen-bond acceptors (Lipinski definition) is 5. The normalized spacial score (nSPS) is 31.4. The van der Waals surface area contributed by atoms with E-state index in [9.17, 15) is 0 Å². The molecular formula is C16H19ClN2O2S. The van der Waals surface area contributed by atoms with E-state index in [-0.39, 0.29) is 11.6 Å². The van der Waals surface area contributed by atoms with E-state index in [1.165, 1.54) is 10.4 Å². The summed E-state index contributed by atoms with van der Waals surface area (Å²) in [7, 11) is 0. The number of hydrogen-bond donors (Lipinski definition) is 1. The highest BCUT2D eigenvalue weighted by Gasteiger charge is 2.46. The number of halogens is 1. The summed E-state index contributed by atoms with van der Waals surface area (Å²) in [5, 5.41) is 7.64. The van der Waals surface area contributed by atoms with Crippen LogP contribution in [0.25, 0.3) is 0 Å². The Morgan fingerprint density at radius 3 is 3.05 bits per heavy atom. The molecule has 2 aromatic heterocycles. The molecule has 1 fully saturated rings. The second kappa shape index (κ2) is 5.34. The maximum absolute atomic E-state index is 6.32. The first-order valence-corrected chi connectivity index (χ1v) is 8.87. The van der Waals surface area contributed by atoms with E-state index in [0.29, 0.717) is 6.04 Å². The van der Waals surface area contributed by atoms with Crippen molar-refractivity contribution in [2.75, 3.05) is 6.61 Å². The molecule has 4 rings (SSSR count). The molecule has 1 spiro atoms. The molecule has 0 aromatic carbocycles. The highest BCUT2D eigenvalue weighted by Crippen LogP contribution is 2.49. The van der Waals surface area contributed by atoms with Gasteiger partial charge in [-0.1, -0.05) is 16.8 Å². The van der Waals surface area contributed by atoms with Gasteiger partial charge in [-0.2, -0.15) is 0 Å². The molecule has 2 aliphatic rings. The van der Waals surface area contributed by atoms with Crippen LogP contribution in [0.3, 0.4) is 0 Å². The van der Waals surface area contributed by atoms with Crippen LogP contribution >= 0.6 is 22.9 Å². The average molecular weight is 339 g/mol. The molecular weight excluding hydrogens is 320 g/mol. The van der Waals surface area contributed by atoms with E-state index >= 15 is 0 Å². The zero-order valence-electron chi connectivity index (χ0n) is 12.7. The van der Waals surface area contributed by atoms with Crippen LogP contribution < -0.4 is 5.32 Å². The molecule has 2 aromatic rings. The minimum absolute atomic E-state index is 0.122. The van der Waals surface area contributed by atoms with Crippen LogP contribution in [0.4, 0.5) is 0 Å². The van der Waals surface area contributed by atoms with Gasteiger partial charge in [0, 0.05) is 23.4 Å². The fourth-order valence-corrected chi connectivity index (χ4v) is 5.25. The van der Waals surface area contributed by atoms with Crippen molar-refractivity contribution < 1.29 is 9.26 Å². The predicted octanol–water partition coefficient (Wildman–Crippen LogP) is 3.98. The summed E-state index contributed by atoms with van der Waals surface area (Å²) in [5.74, 6) is 0.891. The summed E-state index contributed by atoms with van der Waals surface area (Å²) in [5.41, 5.74) is 2.01. The molecule has 1 N–H and O–H groups in total. The number of piperidine rings is 1. The van der Waals surface area contributed by atoms with Gasteiger partial charge >= 0.3 is 0 Å². The Labute approximate surface area is 138 Å². The molecule has 4 heterocycles. The molecule has 1 saturated heterocycles. The van der Waals surface area contributed by atoms with Gasteiger partial charge in [0.2, 0.25) is 0 Å². The van der Waals surface area contributed by atoms with Crippen LogP contribution in [-0.4, -0.2) is 17.8 Å². The summed E-state index contributed by atoms with van der Waals surface area (Å²) in [6.45, 7) is 4.90. The van der Waals surface area contributed by atoms with E-state index in [1.54, 1.807) is 11.3 Å². The lowest BCUT2D eigenvalue weighted by Gasteiger charge is -2.45. The summed E-state index contributed by atoms with van der Waals surface area (Å²) in [4.78, 5) is 1.30. The molecule has 0 saturated carbocycles. The highest BCUT2D eigenvalue weighted by atomic mass is 35.5.